The van der Waals surface area contributed by atoms with Gasteiger partial charge in [0, 0.05) is 26.3 Å². The van der Waals surface area contributed by atoms with Crippen LogP contribution in [0.15, 0.2) is 6.20 Å². The highest BCUT2D eigenvalue weighted by Gasteiger charge is 2.27. The number of ether oxygens (including phenoxy) is 1. The number of rotatable bonds is 5. The molecule has 0 unspecified atom stereocenters. The summed E-state index contributed by atoms with van der Waals surface area (Å²) in [6.07, 6.45) is 3.65. The molecule has 2 heterocycles. The predicted molar refractivity (Wildman–Crippen MR) is 69.1 cm³/mol. The summed E-state index contributed by atoms with van der Waals surface area (Å²) in [7, 11) is 0. The molecule has 1 amide bonds. The monoisotopic (exact) mass is 267 g/mol. The molecule has 0 atom stereocenters. The van der Waals surface area contributed by atoms with E-state index < -0.39 is 0 Å². The molecular weight excluding hydrogens is 246 g/mol. The first kappa shape index (κ1) is 14.0. The third-order valence-corrected chi connectivity index (χ3v) is 3.51. The lowest BCUT2D eigenvalue weighted by molar-refractivity contribution is -0.122. The van der Waals surface area contributed by atoms with Crippen LogP contribution in [0.1, 0.15) is 25.5 Å². The normalized spacial score (nSPS) is 18.2. The lowest BCUT2D eigenvalue weighted by Crippen LogP contribution is -2.40. The van der Waals surface area contributed by atoms with Crippen molar-refractivity contribution >= 4 is 5.91 Å². The molecule has 7 nitrogen and oxygen atoms in total. The van der Waals surface area contributed by atoms with E-state index in [0.717, 1.165) is 26.1 Å². The first-order valence-corrected chi connectivity index (χ1v) is 6.55. The molecule has 0 bridgehead atoms. The van der Waals surface area contributed by atoms with Gasteiger partial charge in [-0.3, -0.25) is 4.79 Å². The van der Waals surface area contributed by atoms with Crippen LogP contribution >= 0.6 is 0 Å². The van der Waals surface area contributed by atoms with Crippen molar-refractivity contribution in [3.63, 3.8) is 0 Å². The minimum absolute atomic E-state index is 0.0545. The van der Waals surface area contributed by atoms with Crippen molar-refractivity contribution in [1.82, 2.24) is 20.3 Å². The highest BCUT2D eigenvalue weighted by atomic mass is 16.5. The van der Waals surface area contributed by atoms with E-state index in [0.29, 0.717) is 18.8 Å². The standard InChI is InChI=1S/C12H21N5O2/c1-12(2-4-19-5-3-12)9-14-11(18)8-17-7-10(6-13)15-16-17/h7H,2-6,8-9,13H2,1H3,(H,14,18). The largest absolute Gasteiger partial charge is 0.381 e. The number of hydrogen-bond donors (Lipinski definition) is 2. The molecule has 1 saturated heterocycles. The highest BCUT2D eigenvalue weighted by Crippen LogP contribution is 2.28. The number of amides is 1. The number of carbonyl (C=O) groups is 1. The zero-order valence-electron chi connectivity index (χ0n) is 11.3. The summed E-state index contributed by atoms with van der Waals surface area (Å²) in [6.45, 7) is 4.91. The SMILES string of the molecule is CC1(CNC(=O)Cn2cc(CN)nn2)CCOCC1. The summed E-state index contributed by atoms with van der Waals surface area (Å²) in [5.74, 6) is -0.0545. The van der Waals surface area contributed by atoms with Crippen LogP contribution in [-0.4, -0.2) is 40.7 Å². The van der Waals surface area contributed by atoms with Gasteiger partial charge in [-0.05, 0) is 18.3 Å². The lowest BCUT2D eigenvalue weighted by atomic mass is 9.82. The van der Waals surface area contributed by atoms with Crippen molar-refractivity contribution in [2.24, 2.45) is 11.1 Å². The molecule has 0 saturated carbocycles. The van der Waals surface area contributed by atoms with Crippen LogP contribution in [0.25, 0.3) is 0 Å². The zero-order valence-corrected chi connectivity index (χ0v) is 11.3. The molecule has 1 aromatic rings. The van der Waals surface area contributed by atoms with Crippen LogP contribution < -0.4 is 11.1 Å². The number of hydrogen-bond acceptors (Lipinski definition) is 5. The minimum atomic E-state index is -0.0545. The van der Waals surface area contributed by atoms with Crippen LogP contribution in [0.3, 0.4) is 0 Å². The van der Waals surface area contributed by atoms with Gasteiger partial charge in [-0.2, -0.15) is 0 Å². The molecule has 106 valence electrons. The topological polar surface area (TPSA) is 95.1 Å². The van der Waals surface area contributed by atoms with Gasteiger partial charge >= 0.3 is 0 Å². The smallest absolute Gasteiger partial charge is 0.241 e. The highest BCUT2D eigenvalue weighted by molar-refractivity contribution is 5.75. The van der Waals surface area contributed by atoms with Crippen molar-refractivity contribution < 1.29 is 9.53 Å². The Hall–Kier alpha value is -1.47. The van der Waals surface area contributed by atoms with Crippen LogP contribution in [0.5, 0.6) is 0 Å². The maximum Gasteiger partial charge on any atom is 0.241 e. The van der Waals surface area contributed by atoms with Gasteiger partial charge in [0.2, 0.25) is 5.91 Å². The predicted octanol–water partition coefficient (Wildman–Crippen LogP) is -0.330. The number of aromatic nitrogens is 3. The summed E-state index contributed by atoms with van der Waals surface area (Å²) >= 11 is 0. The minimum Gasteiger partial charge on any atom is -0.381 e. The number of nitrogens with one attached hydrogen (secondary N) is 1. The van der Waals surface area contributed by atoms with E-state index in [1.165, 1.54) is 4.68 Å². The van der Waals surface area contributed by atoms with E-state index in [1.807, 2.05) is 0 Å². The zero-order chi connectivity index (χ0) is 13.7. The number of nitrogens with zero attached hydrogens (tertiary/aromatic N) is 3. The Kier molecular flexibility index (Phi) is 4.49. The number of nitrogens with two attached hydrogens (primary N) is 1. The van der Waals surface area contributed by atoms with Crippen LogP contribution in [0, 0.1) is 5.41 Å². The Morgan fingerprint density at radius 2 is 2.32 bits per heavy atom. The van der Waals surface area contributed by atoms with Crippen molar-refractivity contribution in [1.29, 1.82) is 0 Å². The van der Waals surface area contributed by atoms with E-state index in [-0.39, 0.29) is 17.9 Å². The molecule has 1 aliphatic heterocycles. The second-order valence-electron chi connectivity index (χ2n) is 5.31. The van der Waals surface area contributed by atoms with E-state index in [4.69, 9.17) is 10.5 Å². The first-order chi connectivity index (χ1) is 9.11. The van der Waals surface area contributed by atoms with Gasteiger partial charge in [-0.25, -0.2) is 4.68 Å². The maximum atomic E-state index is 11.8. The molecule has 1 aromatic heterocycles. The third kappa shape index (κ3) is 4.00. The Morgan fingerprint density at radius 3 is 2.95 bits per heavy atom. The van der Waals surface area contributed by atoms with Gasteiger partial charge in [-0.1, -0.05) is 12.1 Å². The quantitative estimate of drug-likeness (QED) is 0.761. The van der Waals surface area contributed by atoms with E-state index in [2.05, 4.69) is 22.6 Å². The van der Waals surface area contributed by atoms with Crippen LogP contribution in [-0.2, 0) is 22.6 Å². The molecule has 1 aliphatic rings. The fourth-order valence-corrected chi connectivity index (χ4v) is 2.07. The van der Waals surface area contributed by atoms with E-state index in [1.54, 1.807) is 6.20 Å². The van der Waals surface area contributed by atoms with E-state index in [9.17, 15) is 4.79 Å². The lowest BCUT2D eigenvalue weighted by Gasteiger charge is -2.33. The average Bonchev–Trinajstić information content (AvgIpc) is 2.85. The van der Waals surface area contributed by atoms with Crippen LogP contribution in [0.4, 0.5) is 0 Å². The molecule has 0 aliphatic carbocycles. The fraction of sp³-hybridized carbons (Fsp3) is 0.750. The Morgan fingerprint density at radius 1 is 1.58 bits per heavy atom. The Bertz CT molecular complexity index is 426. The summed E-state index contributed by atoms with van der Waals surface area (Å²) in [5, 5.41) is 10.6. The Labute approximate surface area is 112 Å². The maximum absolute atomic E-state index is 11.8. The van der Waals surface area contributed by atoms with E-state index >= 15 is 0 Å². The van der Waals surface area contributed by atoms with Crippen molar-refractivity contribution in [2.45, 2.75) is 32.9 Å². The summed E-state index contributed by atoms with van der Waals surface area (Å²) in [5.41, 5.74) is 6.26. The molecule has 1 fully saturated rings. The van der Waals surface area contributed by atoms with Crippen molar-refractivity contribution in [3.05, 3.63) is 11.9 Å². The molecule has 2 rings (SSSR count). The third-order valence-electron chi connectivity index (χ3n) is 3.51. The summed E-state index contributed by atoms with van der Waals surface area (Å²) < 4.78 is 6.84. The molecule has 0 aromatic carbocycles. The first-order valence-electron chi connectivity index (χ1n) is 6.55. The number of carbonyl (C=O) groups excluding carboxylic acids is 1. The summed E-state index contributed by atoms with van der Waals surface area (Å²) in [6, 6.07) is 0. The molecule has 19 heavy (non-hydrogen) atoms. The molecule has 7 heteroatoms. The second kappa shape index (κ2) is 6.12. The van der Waals surface area contributed by atoms with Crippen molar-refractivity contribution in [2.75, 3.05) is 19.8 Å². The average molecular weight is 267 g/mol. The van der Waals surface area contributed by atoms with Gasteiger partial charge in [0.25, 0.3) is 0 Å². The van der Waals surface area contributed by atoms with Gasteiger partial charge in [0.05, 0.1) is 11.9 Å². The van der Waals surface area contributed by atoms with Gasteiger partial charge < -0.3 is 15.8 Å². The van der Waals surface area contributed by atoms with Crippen LogP contribution in [0.2, 0.25) is 0 Å². The Balaban J connectivity index is 1.77. The fourth-order valence-electron chi connectivity index (χ4n) is 2.07. The summed E-state index contributed by atoms with van der Waals surface area (Å²) in [4.78, 5) is 11.8. The molecule has 0 spiro atoms. The van der Waals surface area contributed by atoms with Gasteiger partial charge in [0.1, 0.15) is 6.54 Å². The molecule has 0 radical (unpaired) electrons. The van der Waals surface area contributed by atoms with Crippen molar-refractivity contribution in [3.8, 4) is 0 Å². The van der Waals surface area contributed by atoms with Gasteiger partial charge in [0.15, 0.2) is 0 Å². The second-order valence-corrected chi connectivity index (χ2v) is 5.31. The molecule has 3 N–H and O–H groups in total. The molecular formula is C12H21N5O2. The van der Waals surface area contributed by atoms with Gasteiger partial charge in [-0.15, -0.1) is 5.10 Å².